The Balaban J connectivity index is 1.41. The average Bonchev–Trinajstić information content (AvgIpc) is 2.80. The van der Waals surface area contributed by atoms with Gasteiger partial charge in [-0.1, -0.05) is 12.1 Å². The number of hydrogen-bond donors (Lipinski definition) is 1. The van der Waals surface area contributed by atoms with E-state index in [1.807, 2.05) is 29.2 Å². The zero-order chi connectivity index (χ0) is 21.0. The molecule has 1 aromatic carbocycles. The van der Waals surface area contributed by atoms with Crippen LogP contribution in [0.15, 0.2) is 65.8 Å². The van der Waals surface area contributed by atoms with Gasteiger partial charge >= 0.3 is 0 Å². The summed E-state index contributed by atoms with van der Waals surface area (Å²) in [4.78, 5) is 6.26. The van der Waals surface area contributed by atoms with Gasteiger partial charge in [-0.15, -0.1) is 10.2 Å². The molecule has 3 aromatic rings. The lowest BCUT2D eigenvalue weighted by Gasteiger charge is -2.34. The minimum atomic E-state index is -3.62. The Hall–Kier alpha value is -3.24. The molecule has 2 aromatic heterocycles. The second-order valence-corrected chi connectivity index (χ2v) is 8.59. The third kappa shape index (κ3) is 4.19. The zero-order valence-electron chi connectivity index (χ0n) is 16.5. The van der Waals surface area contributed by atoms with Gasteiger partial charge in [0, 0.05) is 32.4 Å². The first-order valence-electron chi connectivity index (χ1n) is 9.47. The number of benzene rings is 1. The number of para-hydroxylation sites is 1. The number of pyridine rings is 1. The Kier molecular flexibility index (Phi) is 5.77. The standard InChI is InChI=1S/C20H22N6O3S/c1-29-17-6-2-3-7-18(17)30(27,28)26-13-11-25(12-14-26)20-9-8-19(23-24-20)22-16-5-4-10-21-15-16/h2-10,15H,11-14H2,1H3,(H,22,23). The molecular formula is C20H22N6O3S. The van der Waals surface area contributed by atoms with Crippen LogP contribution in [0.5, 0.6) is 5.75 Å². The lowest BCUT2D eigenvalue weighted by atomic mass is 10.3. The number of rotatable bonds is 6. The minimum Gasteiger partial charge on any atom is -0.495 e. The number of anilines is 3. The highest BCUT2D eigenvalue weighted by Crippen LogP contribution is 2.27. The molecule has 3 heterocycles. The number of ether oxygens (including phenoxy) is 1. The molecule has 1 N–H and O–H groups in total. The summed E-state index contributed by atoms with van der Waals surface area (Å²) in [6.07, 6.45) is 3.41. The monoisotopic (exact) mass is 426 g/mol. The number of nitrogens with zero attached hydrogens (tertiary/aromatic N) is 5. The summed E-state index contributed by atoms with van der Waals surface area (Å²) in [5.74, 6) is 1.67. The number of aromatic nitrogens is 3. The first-order valence-corrected chi connectivity index (χ1v) is 10.9. The molecule has 0 radical (unpaired) electrons. The number of methoxy groups -OCH3 is 1. The first kappa shape index (κ1) is 20.0. The van der Waals surface area contributed by atoms with E-state index < -0.39 is 10.0 Å². The third-order valence-electron chi connectivity index (χ3n) is 4.83. The summed E-state index contributed by atoms with van der Waals surface area (Å²) in [6.45, 7) is 1.77. The number of sulfonamides is 1. The van der Waals surface area contributed by atoms with Crippen LogP contribution < -0.4 is 15.0 Å². The van der Waals surface area contributed by atoms with Gasteiger partial charge in [-0.3, -0.25) is 4.98 Å². The minimum absolute atomic E-state index is 0.187. The molecule has 156 valence electrons. The lowest BCUT2D eigenvalue weighted by Crippen LogP contribution is -2.49. The van der Waals surface area contributed by atoms with Crippen LogP contribution in [0.4, 0.5) is 17.3 Å². The fourth-order valence-electron chi connectivity index (χ4n) is 3.27. The van der Waals surface area contributed by atoms with Gasteiger partial charge in [0.15, 0.2) is 11.6 Å². The van der Waals surface area contributed by atoms with Crippen LogP contribution in [-0.2, 0) is 10.0 Å². The first-order chi connectivity index (χ1) is 14.6. The van der Waals surface area contributed by atoms with E-state index in [9.17, 15) is 8.42 Å². The molecule has 0 saturated carbocycles. The van der Waals surface area contributed by atoms with Crippen molar-refractivity contribution in [2.75, 3.05) is 43.5 Å². The van der Waals surface area contributed by atoms with Crippen molar-refractivity contribution in [3.63, 3.8) is 0 Å². The summed E-state index contributed by atoms with van der Waals surface area (Å²) in [5.41, 5.74) is 0.828. The van der Waals surface area contributed by atoms with Crippen molar-refractivity contribution in [3.05, 3.63) is 60.9 Å². The quantitative estimate of drug-likeness (QED) is 0.640. The molecule has 1 fully saturated rings. The van der Waals surface area contributed by atoms with Gasteiger partial charge in [0.1, 0.15) is 10.6 Å². The van der Waals surface area contributed by atoms with Crippen molar-refractivity contribution in [2.24, 2.45) is 0 Å². The van der Waals surface area contributed by atoms with E-state index in [1.54, 1.807) is 36.7 Å². The highest BCUT2D eigenvalue weighted by Gasteiger charge is 2.31. The third-order valence-corrected chi connectivity index (χ3v) is 6.77. The summed E-state index contributed by atoms with van der Waals surface area (Å²) in [5, 5.41) is 11.6. The van der Waals surface area contributed by atoms with Crippen LogP contribution in [0.2, 0.25) is 0 Å². The summed E-state index contributed by atoms with van der Waals surface area (Å²) < 4.78 is 32.7. The summed E-state index contributed by atoms with van der Waals surface area (Å²) in [6, 6.07) is 14.1. The highest BCUT2D eigenvalue weighted by atomic mass is 32.2. The molecule has 0 aliphatic carbocycles. The molecular weight excluding hydrogens is 404 g/mol. The van der Waals surface area contributed by atoms with Gasteiger partial charge in [0.2, 0.25) is 10.0 Å². The molecule has 10 heteroatoms. The SMILES string of the molecule is COc1ccccc1S(=O)(=O)N1CCN(c2ccc(Nc3cccnc3)nn2)CC1. The van der Waals surface area contributed by atoms with Crippen LogP contribution in [0.25, 0.3) is 0 Å². The van der Waals surface area contributed by atoms with Crippen molar-refractivity contribution in [3.8, 4) is 5.75 Å². The van der Waals surface area contributed by atoms with Crippen LogP contribution in [0.1, 0.15) is 0 Å². The Labute approximate surface area is 175 Å². The second kappa shape index (κ2) is 8.64. The molecule has 1 aliphatic rings. The summed E-state index contributed by atoms with van der Waals surface area (Å²) in [7, 11) is -2.15. The van der Waals surface area contributed by atoms with Crippen molar-refractivity contribution in [2.45, 2.75) is 4.90 Å². The Morgan fingerprint density at radius 3 is 2.43 bits per heavy atom. The smallest absolute Gasteiger partial charge is 0.246 e. The molecule has 1 saturated heterocycles. The maximum atomic E-state index is 13.0. The maximum Gasteiger partial charge on any atom is 0.246 e. The zero-order valence-corrected chi connectivity index (χ0v) is 17.3. The van der Waals surface area contributed by atoms with Gasteiger partial charge in [0.25, 0.3) is 0 Å². The van der Waals surface area contributed by atoms with E-state index in [1.165, 1.54) is 11.4 Å². The van der Waals surface area contributed by atoms with E-state index in [-0.39, 0.29) is 4.90 Å². The van der Waals surface area contributed by atoms with E-state index in [0.717, 1.165) is 5.69 Å². The molecule has 1 aliphatic heterocycles. The van der Waals surface area contributed by atoms with Crippen LogP contribution in [0.3, 0.4) is 0 Å². The normalized spacial score (nSPS) is 15.0. The topological polar surface area (TPSA) is 101 Å². The predicted molar refractivity (Wildman–Crippen MR) is 114 cm³/mol. The van der Waals surface area contributed by atoms with Crippen molar-refractivity contribution < 1.29 is 13.2 Å². The average molecular weight is 427 g/mol. The van der Waals surface area contributed by atoms with Gasteiger partial charge < -0.3 is 15.0 Å². The molecule has 0 amide bonds. The van der Waals surface area contributed by atoms with E-state index >= 15 is 0 Å². The van der Waals surface area contributed by atoms with Crippen LogP contribution >= 0.6 is 0 Å². The van der Waals surface area contributed by atoms with Gasteiger partial charge in [0.05, 0.1) is 19.0 Å². The fourth-order valence-corrected chi connectivity index (χ4v) is 4.85. The molecule has 9 nitrogen and oxygen atoms in total. The van der Waals surface area contributed by atoms with Gasteiger partial charge in [-0.2, -0.15) is 4.31 Å². The van der Waals surface area contributed by atoms with Gasteiger partial charge in [-0.05, 0) is 36.4 Å². The van der Waals surface area contributed by atoms with E-state index in [4.69, 9.17) is 4.74 Å². The van der Waals surface area contributed by atoms with Crippen LogP contribution in [-0.4, -0.2) is 61.2 Å². The largest absolute Gasteiger partial charge is 0.495 e. The molecule has 0 bridgehead atoms. The number of hydrogen-bond acceptors (Lipinski definition) is 8. The molecule has 0 spiro atoms. The predicted octanol–water partition coefficient (Wildman–Crippen LogP) is 2.13. The Morgan fingerprint density at radius 1 is 0.967 bits per heavy atom. The fraction of sp³-hybridized carbons (Fsp3) is 0.250. The van der Waals surface area contributed by atoms with Gasteiger partial charge in [-0.25, -0.2) is 8.42 Å². The molecule has 30 heavy (non-hydrogen) atoms. The molecule has 4 rings (SSSR count). The number of nitrogens with one attached hydrogen (secondary N) is 1. The Bertz CT molecular complexity index is 1090. The molecule has 0 atom stereocenters. The van der Waals surface area contributed by atoms with Crippen molar-refractivity contribution in [1.29, 1.82) is 0 Å². The Morgan fingerprint density at radius 2 is 1.77 bits per heavy atom. The number of piperazine rings is 1. The van der Waals surface area contributed by atoms with Crippen molar-refractivity contribution >= 4 is 27.3 Å². The molecule has 0 unspecified atom stereocenters. The highest BCUT2D eigenvalue weighted by molar-refractivity contribution is 7.89. The maximum absolute atomic E-state index is 13.0. The van der Waals surface area contributed by atoms with Crippen molar-refractivity contribution in [1.82, 2.24) is 19.5 Å². The summed E-state index contributed by atoms with van der Waals surface area (Å²) >= 11 is 0. The van der Waals surface area contributed by atoms with E-state index in [0.29, 0.717) is 43.6 Å². The lowest BCUT2D eigenvalue weighted by molar-refractivity contribution is 0.373. The van der Waals surface area contributed by atoms with E-state index in [2.05, 4.69) is 20.5 Å². The van der Waals surface area contributed by atoms with Crippen LogP contribution in [0, 0.1) is 0 Å². The second-order valence-electron chi connectivity index (χ2n) is 6.69.